The number of pyridine rings is 1. The fourth-order valence-electron chi connectivity index (χ4n) is 1.97. The Balaban J connectivity index is 2.17. The van der Waals surface area contributed by atoms with E-state index in [2.05, 4.69) is 28.1 Å². The smallest absolute Gasteiger partial charge is 0.132 e. The Hall–Kier alpha value is -1.39. The first-order valence-electron chi connectivity index (χ1n) is 6.17. The van der Waals surface area contributed by atoms with E-state index in [4.69, 9.17) is 16.3 Å². The van der Waals surface area contributed by atoms with Crippen molar-refractivity contribution in [3.05, 3.63) is 47.2 Å². The standard InChI is InChI=1S/C15H17ClN2OS/c1-18(12-6-7-17-15(16)9-12)10-11-4-5-14(20-3)13(8-11)19-2/h4-9H,10H2,1-3H3. The monoisotopic (exact) mass is 308 g/mol. The number of aromatic nitrogens is 1. The number of rotatable bonds is 5. The van der Waals surface area contributed by atoms with Crippen LogP contribution in [0.1, 0.15) is 5.56 Å². The summed E-state index contributed by atoms with van der Waals surface area (Å²) in [6.45, 7) is 0.783. The van der Waals surface area contributed by atoms with E-state index in [0.29, 0.717) is 5.15 Å². The summed E-state index contributed by atoms with van der Waals surface area (Å²) in [4.78, 5) is 7.27. The zero-order valence-electron chi connectivity index (χ0n) is 11.8. The van der Waals surface area contributed by atoms with Crippen LogP contribution in [-0.4, -0.2) is 25.4 Å². The van der Waals surface area contributed by atoms with Crippen molar-refractivity contribution in [2.75, 3.05) is 25.3 Å². The van der Waals surface area contributed by atoms with E-state index in [1.54, 1.807) is 25.1 Å². The Kier molecular flexibility index (Phi) is 5.15. The second-order valence-electron chi connectivity index (χ2n) is 4.38. The molecule has 1 aromatic carbocycles. The zero-order chi connectivity index (χ0) is 14.5. The predicted molar refractivity (Wildman–Crippen MR) is 86.1 cm³/mol. The Morgan fingerprint density at radius 2 is 2.10 bits per heavy atom. The number of methoxy groups -OCH3 is 1. The lowest BCUT2D eigenvalue weighted by Crippen LogP contribution is -2.16. The van der Waals surface area contributed by atoms with E-state index in [1.165, 1.54) is 5.56 Å². The molecule has 0 N–H and O–H groups in total. The van der Waals surface area contributed by atoms with Crippen LogP contribution in [0.4, 0.5) is 5.69 Å². The second kappa shape index (κ2) is 6.86. The minimum atomic E-state index is 0.504. The third-order valence-electron chi connectivity index (χ3n) is 3.02. The van der Waals surface area contributed by atoms with E-state index in [-0.39, 0.29) is 0 Å². The predicted octanol–water partition coefficient (Wildman–Crippen LogP) is 4.10. The maximum absolute atomic E-state index is 5.92. The van der Waals surface area contributed by atoms with Gasteiger partial charge in [0.2, 0.25) is 0 Å². The van der Waals surface area contributed by atoms with Crippen molar-refractivity contribution < 1.29 is 4.74 Å². The average molecular weight is 309 g/mol. The fraction of sp³-hybridized carbons (Fsp3) is 0.267. The highest BCUT2D eigenvalue weighted by molar-refractivity contribution is 7.98. The number of anilines is 1. The molecule has 0 aliphatic rings. The number of halogens is 1. The molecule has 0 bridgehead atoms. The molecule has 0 saturated heterocycles. The molecule has 0 saturated carbocycles. The molecular formula is C15H17ClN2OS. The summed E-state index contributed by atoms with van der Waals surface area (Å²) in [5.41, 5.74) is 2.23. The molecule has 0 aliphatic heterocycles. The summed E-state index contributed by atoms with van der Waals surface area (Å²) in [6, 6.07) is 10.1. The van der Waals surface area contributed by atoms with Crippen LogP contribution in [0.5, 0.6) is 5.75 Å². The highest BCUT2D eigenvalue weighted by Gasteiger charge is 2.07. The molecule has 0 radical (unpaired) electrons. The minimum Gasteiger partial charge on any atom is -0.496 e. The van der Waals surface area contributed by atoms with Crippen LogP contribution in [0.2, 0.25) is 5.15 Å². The van der Waals surface area contributed by atoms with Crippen molar-refractivity contribution in [2.45, 2.75) is 11.4 Å². The molecule has 20 heavy (non-hydrogen) atoms. The molecular weight excluding hydrogens is 292 g/mol. The van der Waals surface area contributed by atoms with Gasteiger partial charge >= 0.3 is 0 Å². The van der Waals surface area contributed by atoms with Gasteiger partial charge in [-0.15, -0.1) is 11.8 Å². The van der Waals surface area contributed by atoms with Crippen LogP contribution in [0.15, 0.2) is 41.4 Å². The molecule has 0 aliphatic carbocycles. The Morgan fingerprint density at radius 3 is 2.75 bits per heavy atom. The Morgan fingerprint density at radius 1 is 1.30 bits per heavy atom. The molecule has 1 aromatic heterocycles. The third-order valence-corrected chi connectivity index (χ3v) is 4.00. The van der Waals surface area contributed by atoms with Crippen LogP contribution in [0.3, 0.4) is 0 Å². The summed E-state index contributed by atoms with van der Waals surface area (Å²) >= 11 is 7.60. The van der Waals surface area contributed by atoms with E-state index < -0.39 is 0 Å². The summed E-state index contributed by atoms with van der Waals surface area (Å²) in [5.74, 6) is 0.913. The molecule has 1 heterocycles. The van der Waals surface area contributed by atoms with Gasteiger partial charge in [0, 0.05) is 30.4 Å². The van der Waals surface area contributed by atoms with Gasteiger partial charge in [0.15, 0.2) is 0 Å². The summed E-state index contributed by atoms with van der Waals surface area (Å²) in [7, 11) is 3.73. The Bertz CT molecular complexity index is 592. The maximum Gasteiger partial charge on any atom is 0.132 e. The van der Waals surface area contributed by atoms with Crippen molar-refractivity contribution in [2.24, 2.45) is 0 Å². The molecule has 0 fully saturated rings. The normalized spacial score (nSPS) is 10.4. The zero-order valence-corrected chi connectivity index (χ0v) is 13.3. The molecule has 2 aromatic rings. The van der Waals surface area contributed by atoms with Gasteiger partial charge in [-0.1, -0.05) is 17.7 Å². The molecule has 0 spiro atoms. The van der Waals surface area contributed by atoms with Crippen molar-refractivity contribution in [3.63, 3.8) is 0 Å². The number of nitrogens with zero attached hydrogens (tertiary/aromatic N) is 2. The first-order valence-corrected chi connectivity index (χ1v) is 7.78. The molecule has 0 amide bonds. The highest BCUT2D eigenvalue weighted by Crippen LogP contribution is 2.29. The number of hydrogen-bond donors (Lipinski definition) is 0. The summed E-state index contributed by atoms with van der Waals surface area (Å²) < 4.78 is 5.41. The van der Waals surface area contributed by atoms with Crippen molar-refractivity contribution in [3.8, 4) is 5.75 Å². The number of thioether (sulfide) groups is 1. The van der Waals surface area contributed by atoms with Gasteiger partial charge in [-0.05, 0) is 36.1 Å². The third kappa shape index (κ3) is 3.58. The number of hydrogen-bond acceptors (Lipinski definition) is 4. The topological polar surface area (TPSA) is 25.4 Å². The van der Waals surface area contributed by atoms with E-state index in [0.717, 1.165) is 22.9 Å². The van der Waals surface area contributed by atoms with Gasteiger partial charge in [0.05, 0.1) is 7.11 Å². The summed E-state index contributed by atoms with van der Waals surface area (Å²) in [6.07, 6.45) is 3.76. The molecule has 5 heteroatoms. The molecule has 3 nitrogen and oxygen atoms in total. The van der Waals surface area contributed by atoms with Crippen LogP contribution >= 0.6 is 23.4 Å². The highest BCUT2D eigenvalue weighted by atomic mass is 35.5. The van der Waals surface area contributed by atoms with Crippen LogP contribution in [0.25, 0.3) is 0 Å². The Labute approximate surface area is 128 Å². The second-order valence-corrected chi connectivity index (χ2v) is 5.62. The van der Waals surface area contributed by atoms with Gasteiger partial charge in [-0.2, -0.15) is 0 Å². The minimum absolute atomic E-state index is 0.504. The van der Waals surface area contributed by atoms with Gasteiger partial charge in [-0.3, -0.25) is 0 Å². The van der Waals surface area contributed by atoms with E-state index in [1.807, 2.05) is 25.4 Å². The molecule has 2 rings (SSSR count). The van der Waals surface area contributed by atoms with Crippen molar-refractivity contribution >= 4 is 29.1 Å². The largest absolute Gasteiger partial charge is 0.496 e. The SMILES string of the molecule is COc1cc(CN(C)c2ccnc(Cl)c2)ccc1SC. The van der Waals surface area contributed by atoms with Gasteiger partial charge < -0.3 is 9.64 Å². The summed E-state index contributed by atoms with van der Waals surface area (Å²) in [5, 5.41) is 0.504. The lowest BCUT2D eigenvalue weighted by atomic mass is 10.2. The number of benzene rings is 1. The molecule has 0 unspecified atom stereocenters. The van der Waals surface area contributed by atoms with Crippen molar-refractivity contribution in [1.82, 2.24) is 4.98 Å². The number of ether oxygens (including phenoxy) is 1. The quantitative estimate of drug-likeness (QED) is 0.613. The van der Waals surface area contributed by atoms with Crippen LogP contribution in [-0.2, 0) is 6.54 Å². The lowest BCUT2D eigenvalue weighted by Gasteiger charge is -2.20. The fourth-order valence-corrected chi connectivity index (χ4v) is 2.69. The van der Waals surface area contributed by atoms with Gasteiger partial charge in [-0.25, -0.2) is 4.98 Å². The van der Waals surface area contributed by atoms with Gasteiger partial charge in [0.1, 0.15) is 10.9 Å². The molecule has 106 valence electrons. The van der Waals surface area contributed by atoms with Crippen LogP contribution in [0, 0.1) is 0 Å². The van der Waals surface area contributed by atoms with Gasteiger partial charge in [0.25, 0.3) is 0 Å². The maximum atomic E-state index is 5.92. The average Bonchev–Trinajstić information content (AvgIpc) is 2.47. The molecule has 0 atom stereocenters. The van der Waals surface area contributed by atoms with Crippen molar-refractivity contribution in [1.29, 1.82) is 0 Å². The first-order chi connectivity index (χ1) is 9.63. The van der Waals surface area contributed by atoms with E-state index in [9.17, 15) is 0 Å². The lowest BCUT2D eigenvalue weighted by molar-refractivity contribution is 0.404. The first kappa shape index (κ1) is 15.0. The van der Waals surface area contributed by atoms with Crippen LogP contribution < -0.4 is 9.64 Å². The van der Waals surface area contributed by atoms with E-state index >= 15 is 0 Å².